The lowest BCUT2D eigenvalue weighted by atomic mass is 10.2. The number of carbonyl (C=O) groups is 2. The molecule has 0 saturated carbocycles. The molecule has 0 radical (unpaired) electrons. The molecule has 8 nitrogen and oxygen atoms in total. The Morgan fingerprint density at radius 1 is 1.19 bits per heavy atom. The highest BCUT2D eigenvalue weighted by Gasteiger charge is 2.26. The zero-order valence-electron chi connectivity index (χ0n) is 14.8. The molecule has 0 spiro atoms. The summed E-state index contributed by atoms with van der Waals surface area (Å²) >= 11 is 0. The number of methoxy groups -OCH3 is 1. The first-order valence-electron chi connectivity index (χ1n) is 8.14. The van der Waals surface area contributed by atoms with Crippen LogP contribution in [-0.2, 0) is 9.59 Å². The van der Waals surface area contributed by atoms with Crippen LogP contribution in [0.3, 0.4) is 0 Å². The number of ether oxygens (including phenoxy) is 4. The fourth-order valence-electron chi connectivity index (χ4n) is 2.39. The van der Waals surface area contributed by atoms with Crippen molar-refractivity contribution < 1.29 is 28.5 Å². The summed E-state index contributed by atoms with van der Waals surface area (Å²) in [5.41, 5.74) is 3.06. The van der Waals surface area contributed by atoms with E-state index in [1.54, 1.807) is 36.4 Å². The number of amides is 1. The van der Waals surface area contributed by atoms with Gasteiger partial charge in [-0.05, 0) is 35.9 Å². The fourth-order valence-corrected chi connectivity index (χ4v) is 2.39. The lowest BCUT2D eigenvalue weighted by Gasteiger charge is -2.24. The van der Waals surface area contributed by atoms with Gasteiger partial charge in [0.2, 0.25) is 6.10 Å². The third-order valence-corrected chi connectivity index (χ3v) is 3.63. The van der Waals surface area contributed by atoms with Crippen molar-refractivity contribution in [2.75, 3.05) is 13.7 Å². The molecule has 1 amide bonds. The van der Waals surface area contributed by atoms with Crippen LogP contribution < -0.4 is 24.4 Å². The first-order valence-corrected chi connectivity index (χ1v) is 8.14. The molecule has 1 aliphatic heterocycles. The second kappa shape index (κ2) is 8.22. The number of nitrogens with zero attached hydrogens (tertiary/aromatic N) is 1. The van der Waals surface area contributed by atoms with Gasteiger partial charge >= 0.3 is 5.97 Å². The number of esters is 1. The Balaban J connectivity index is 1.60. The predicted octanol–water partition coefficient (Wildman–Crippen LogP) is 1.91. The van der Waals surface area contributed by atoms with E-state index in [-0.39, 0.29) is 6.61 Å². The first kappa shape index (κ1) is 18.2. The summed E-state index contributed by atoms with van der Waals surface area (Å²) in [5, 5.41) is 3.92. The molecule has 2 aromatic carbocycles. The third kappa shape index (κ3) is 4.55. The molecule has 0 fully saturated rings. The molecule has 0 aliphatic carbocycles. The van der Waals surface area contributed by atoms with E-state index in [1.165, 1.54) is 20.2 Å². The van der Waals surface area contributed by atoms with Crippen molar-refractivity contribution in [2.24, 2.45) is 5.10 Å². The van der Waals surface area contributed by atoms with Crippen LogP contribution in [0.2, 0.25) is 0 Å². The maximum absolute atomic E-state index is 12.2. The summed E-state index contributed by atoms with van der Waals surface area (Å²) in [4.78, 5) is 23.3. The summed E-state index contributed by atoms with van der Waals surface area (Å²) in [7, 11) is 1.46. The number of para-hydroxylation sites is 2. The Kier molecular flexibility index (Phi) is 5.55. The molecule has 8 heteroatoms. The number of hydrazone groups is 1. The molecular weight excluding hydrogens is 352 g/mol. The van der Waals surface area contributed by atoms with E-state index in [1.807, 2.05) is 6.07 Å². The molecule has 27 heavy (non-hydrogen) atoms. The van der Waals surface area contributed by atoms with Crippen LogP contribution >= 0.6 is 0 Å². The minimum Gasteiger partial charge on any atom is -0.493 e. The van der Waals surface area contributed by atoms with Crippen molar-refractivity contribution in [2.45, 2.75) is 13.0 Å². The molecule has 0 saturated heterocycles. The van der Waals surface area contributed by atoms with E-state index < -0.39 is 18.0 Å². The Bertz CT molecular complexity index is 880. The van der Waals surface area contributed by atoms with Gasteiger partial charge in [-0.3, -0.25) is 9.59 Å². The number of rotatable bonds is 5. The Morgan fingerprint density at radius 2 is 1.96 bits per heavy atom. The summed E-state index contributed by atoms with van der Waals surface area (Å²) in [5.74, 6) is 0.921. The monoisotopic (exact) mass is 370 g/mol. The number of hydrogen-bond donors (Lipinski definition) is 1. The minimum atomic E-state index is -0.794. The summed E-state index contributed by atoms with van der Waals surface area (Å²) in [6, 6.07) is 12.0. The van der Waals surface area contributed by atoms with Crippen LogP contribution in [0.25, 0.3) is 0 Å². The number of nitrogens with one attached hydrogen (secondary N) is 1. The summed E-state index contributed by atoms with van der Waals surface area (Å²) in [6.07, 6.45) is 0.646. The highest BCUT2D eigenvalue weighted by molar-refractivity contribution is 5.85. The van der Waals surface area contributed by atoms with Gasteiger partial charge in [0.25, 0.3) is 5.91 Å². The number of hydrogen-bond acceptors (Lipinski definition) is 7. The molecule has 2 aromatic rings. The lowest BCUT2D eigenvalue weighted by molar-refractivity contribution is -0.132. The van der Waals surface area contributed by atoms with Gasteiger partial charge in [-0.1, -0.05) is 12.1 Å². The van der Waals surface area contributed by atoms with Gasteiger partial charge < -0.3 is 18.9 Å². The van der Waals surface area contributed by atoms with Gasteiger partial charge in [-0.2, -0.15) is 5.10 Å². The zero-order valence-corrected chi connectivity index (χ0v) is 14.8. The van der Waals surface area contributed by atoms with E-state index in [2.05, 4.69) is 10.5 Å². The van der Waals surface area contributed by atoms with Crippen LogP contribution in [0.4, 0.5) is 0 Å². The Morgan fingerprint density at radius 3 is 2.70 bits per heavy atom. The van der Waals surface area contributed by atoms with Crippen LogP contribution in [0, 0.1) is 0 Å². The normalized spacial score (nSPS) is 15.3. The van der Waals surface area contributed by atoms with E-state index in [0.29, 0.717) is 28.6 Å². The third-order valence-electron chi connectivity index (χ3n) is 3.63. The smallest absolute Gasteiger partial charge is 0.308 e. The van der Waals surface area contributed by atoms with Gasteiger partial charge in [-0.15, -0.1) is 0 Å². The number of benzene rings is 2. The van der Waals surface area contributed by atoms with Crippen molar-refractivity contribution in [1.29, 1.82) is 0 Å². The Hall–Kier alpha value is -3.55. The standard InChI is InChI=1S/C19H18N2O6/c1-12(22)26-16-8-7-13(9-17(16)24-2)10-20-21-19(23)18-11-25-14-5-3-4-6-15(14)27-18/h3-10,18H,11H2,1-2H3,(H,21,23). The van der Waals surface area contributed by atoms with Gasteiger partial charge in [0.1, 0.15) is 6.61 Å². The Labute approximate surface area is 155 Å². The van der Waals surface area contributed by atoms with Gasteiger partial charge in [0.05, 0.1) is 13.3 Å². The number of carbonyl (C=O) groups excluding carboxylic acids is 2. The zero-order chi connectivity index (χ0) is 19.2. The van der Waals surface area contributed by atoms with E-state index in [4.69, 9.17) is 18.9 Å². The van der Waals surface area contributed by atoms with E-state index >= 15 is 0 Å². The van der Waals surface area contributed by atoms with Crippen molar-refractivity contribution >= 4 is 18.1 Å². The molecule has 1 N–H and O–H groups in total. The molecular formula is C19H18N2O6. The van der Waals surface area contributed by atoms with Gasteiger partial charge in [-0.25, -0.2) is 5.43 Å². The molecule has 1 unspecified atom stereocenters. The SMILES string of the molecule is COc1cc(C=NNC(=O)C2COc3ccccc3O2)ccc1OC(C)=O. The molecule has 0 aromatic heterocycles. The topological polar surface area (TPSA) is 95.5 Å². The number of fused-ring (bicyclic) bond motifs is 1. The maximum atomic E-state index is 12.2. The molecule has 140 valence electrons. The van der Waals surface area contributed by atoms with Crippen LogP contribution in [0.5, 0.6) is 23.0 Å². The average molecular weight is 370 g/mol. The summed E-state index contributed by atoms with van der Waals surface area (Å²) in [6.45, 7) is 1.41. The molecule has 0 bridgehead atoms. The second-order valence-electron chi connectivity index (χ2n) is 5.60. The van der Waals surface area contributed by atoms with Crippen LogP contribution in [0.1, 0.15) is 12.5 Å². The lowest BCUT2D eigenvalue weighted by Crippen LogP contribution is -2.42. The van der Waals surface area contributed by atoms with Crippen molar-refractivity contribution in [1.82, 2.24) is 5.43 Å². The van der Waals surface area contributed by atoms with Crippen molar-refractivity contribution in [3.63, 3.8) is 0 Å². The predicted molar refractivity (Wildman–Crippen MR) is 96.4 cm³/mol. The first-order chi connectivity index (χ1) is 13.1. The van der Waals surface area contributed by atoms with Crippen LogP contribution in [-0.4, -0.2) is 37.9 Å². The van der Waals surface area contributed by atoms with Gasteiger partial charge in [0, 0.05) is 6.92 Å². The van der Waals surface area contributed by atoms with Crippen LogP contribution in [0.15, 0.2) is 47.6 Å². The van der Waals surface area contributed by atoms with E-state index in [0.717, 1.165) is 0 Å². The molecule has 1 atom stereocenters. The molecule has 1 heterocycles. The molecule has 3 rings (SSSR count). The highest BCUT2D eigenvalue weighted by Crippen LogP contribution is 2.31. The maximum Gasteiger partial charge on any atom is 0.308 e. The average Bonchev–Trinajstić information content (AvgIpc) is 2.68. The van der Waals surface area contributed by atoms with Crippen molar-refractivity contribution in [3.05, 3.63) is 48.0 Å². The van der Waals surface area contributed by atoms with Crippen molar-refractivity contribution in [3.8, 4) is 23.0 Å². The highest BCUT2D eigenvalue weighted by atomic mass is 16.6. The quantitative estimate of drug-likeness (QED) is 0.374. The minimum absolute atomic E-state index is 0.100. The molecule has 1 aliphatic rings. The fraction of sp³-hybridized carbons (Fsp3) is 0.211. The van der Waals surface area contributed by atoms with E-state index in [9.17, 15) is 9.59 Å². The largest absolute Gasteiger partial charge is 0.493 e. The van der Waals surface area contributed by atoms with Gasteiger partial charge in [0.15, 0.2) is 23.0 Å². The summed E-state index contributed by atoms with van der Waals surface area (Å²) < 4.78 is 21.3. The second-order valence-corrected chi connectivity index (χ2v) is 5.60.